The molecule has 5 aromatic rings. The summed E-state index contributed by atoms with van der Waals surface area (Å²) in [5, 5.41) is 0.804. The lowest BCUT2D eigenvalue weighted by Gasteiger charge is -2.26. The van der Waals surface area contributed by atoms with E-state index in [0.29, 0.717) is 0 Å². The molecular formula is C36H29Cl. The molecule has 0 saturated carbocycles. The molecule has 180 valence electrons. The minimum Gasteiger partial charge on any atom is -0.0843 e. The largest absolute Gasteiger partial charge is 0.0843 e. The van der Waals surface area contributed by atoms with Crippen molar-refractivity contribution in [1.82, 2.24) is 0 Å². The number of fused-ring (bicyclic) bond motifs is 6. The second-order valence-corrected chi connectivity index (χ2v) is 12.0. The van der Waals surface area contributed by atoms with Crippen LogP contribution in [0.15, 0.2) is 103 Å². The summed E-state index contributed by atoms with van der Waals surface area (Å²) in [5.74, 6) is 0. The van der Waals surface area contributed by atoms with E-state index in [1.54, 1.807) is 0 Å². The van der Waals surface area contributed by atoms with Crippen molar-refractivity contribution in [1.29, 1.82) is 0 Å². The third-order valence-corrected chi connectivity index (χ3v) is 8.93. The highest BCUT2D eigenvalue weighted by Crippen LogP contribution is 2.58. The molecule has 0 atom stereocenters. The predicted molar refractivity (Wildman–Crippen MR) is 157 cm³/mol. The fourth-order valence-electron chi connectivity index (χ4n) is 6.80. The summed E-state index contributed by atoms with van der Waals surface area (Å²) in [6.45, 7) is 9.44. The molecule has 1 heteroatoms. The molecule has 5 aromatic carbocycles. The minimum absolute atomic E-state index is 0.100. The molecule has 2 aliphatic rings. The summed E-state index contributed by atoms with van der Waals surface area (Å²) >= 11 is 6.46. The second kappa shape index (κ2) is 7.70. The maximum Gasteiger partial charge on any atom is 0.0409 e. The van der Waals surface area contributed by atoms with E-state index in [9.17, 15) is 0 Å². The molecule has 0 unspecified atom stereocenters. The van der Waals surface area contributed by atoms with E-state index in [1.807, 2.05) is 6.07 Å². The van der Waals surface area contributed by atoms with Crippen molar-refractivity contribution in [3.05, 3.63) is 130 Å². The fourth-order valence-corrected chi connectivity index (χ4v) is 6.97. The van der Waals surface area contributed by atoms with Gasteiger partial charge in [-0.05, 0) is 103 Å². The molecule has 0 fully saturated rings. The maximum atomic E-state index is 6.46. The van der Waals surface area contributed by atoms with Crippen molar-refractivity contribution in [3.8, 4) is 44.5 Å². The highest BCUT2D eigenvalue weighted by Gasteiger charge is 2.43. The lowest BCUT2D eigenvalue weighted by molar-refractivity contribution is 0.653. The average molecular weight is 497 g/mol. The van der Waals surface area contributed by atoms with Crippen LogP contribution in [0.3, 0.4) is 0 Å². The maximum absolute atomic E-state index is 6.46. The summed E-state index contributed by atoms with van der Waals surface area (Å²) in [5.41, 5.74) is 15.8. The molecule has 2 aliphatic carbocycles. The van der Waals surface area contributed by atoms with Crippen molar-refractivity contribution < 1.29 is 0 Å². The summed E-state index contributed by atoms with van der Waals surface area (Å²) < 4.78 is 0. The Bertz CT molecular complexity index is 1710. The minimum atomic E-state index is -0.126. The van der Waals surface area contributed by atoms with E-state index >= 15 is 0 Å². The summed E-state index contributed by atoms with van der Waals surface area (Å²) in [6, 6.07) is 37.8. The molecule has 0 bridgehead atoms. The highest BCUT2D eigenvalue weighted by atomic mass is 35.5. The molecule has 0 aliphatic heterocycles. The monoisotopic (exact) mass is 496 g/mol. The smallest absolute Gasteiger partial charge is 0.0409 e. The summed E-state index contributed by atoms with van der Waals surface area (Å²) in [7, 11) is 0. The van der Waals surface area contributed by atoms with Gasteiger partial charge in [-0.25, -0.2) is 0 Å². The van der Waals surface area contributed by atoms with Crippen LogP contribution in [-0.4, -0.2) is 0 Å². The third kappa shape index (κ3) is 3.15. The number of benzene rings is 5. The van der Waals surface area contributed by atoms with Gasteiger partial charge < -0.3 is 0 Å². The topological polar surface area (TPSA) is 0 Å². The molecule has 0 aromatic heterocycles. The van der Waals surface area contributed by atoms with Gasteiger partial charge in [-0.15, -0.1) is 0 Å². The Morgan fingerprint density at radius 1 is 0.432 bits per heavy atom. The number of hydrogen-bond acceptors (Lipinski definition) is 0. The van der Waals surface area contributed by atoms with Crippen molar-refractivity contribution in [2.75, 3.05) is 0 Å². The van der Waals surface area contributed by atoms with Crippen LogP contribution in [0.4, 0.5) is 0 Å². The molecule has 0 spiro atoms. The molecule has 0 heterocycles. The zero-order valence-corrected chi connectivity index (χ0v) is 22.4. The van der Waals surface area contributed by atoms with E-state index < -0.39 is 0 Å². The van der Waals surface area contributed by atoms with Crippen molar-refractivity contribution in [3.63, 3.8) is 0 Å². The molecule has 0 saturated heterocycles. The van der Waals surface area contributed by atoms with E-state index in [1.165, 1.54) is 66.8 Å². The summed E-state index contributed by atoms with van der Waals surface area (Å²) in [6.07, 6.45) is 0. The van der Waals surface area contributed by atoms with Gasteiger partial charge in [0.1, 0.15) is 0 Å². The van der Waals surface area contributed by atoms with E-state index in [0.717, 1.165) is 5.02 Å². The first-order chi connectivity index (χ1) is 17.8. The Morgan fingerprint density at radius 2 is 0.973 bits per heavy atom. The van der Waals surface area contributed by atoms with Crippen LogP contribution in [0, 0.1) is 0 Å². The molecule has 0 N–H and O–H groups in total. The van der Waals surface area contributed by atoms with Crippen LogP contribution in [0.1, 0.15) is 49.9 Å². The van der Waals surface area contributed by atoms with Gasteiger partial charge in [0.25, 0.3) is 0 Å². The van der Waals surface area contributed by atoms with Crippen LogP contribution in [0.5, 0.6) is 0 Å². The van der Waals surface area contributed by atoms with Gasteiger partial charge in [0.2, 0.25) is 0 Å². The third-order valence-electron chi connectivity index (χ3n) is 8.69. The normalized spacial score (nSPS) is 15.6. The van der Waals surface area contributed by atoms with Crippen LogP contribution >= 0.6 is 11.6 Å². The Kier molecular flexibility index (Phi) is 4.70. The van der Waals surface area contributed by atoms with E-state index in [4.69, 9.17) is 11.6 Å². The van der Waals surface area contributed by atoms with Crippen LogP contribution in [0.25, 0.3) is 44.5 Å². The van der Waals surface area contributed by atoms with Crippen LogP contribution in [0.2, 0.25) is 5.02 Å². The first kappa shape index (κ1) is 22.6. The lowest BCUT2D eigenvalue weighted by Crippen LogP contribution is -2.17. The molecule has 7 rings (SSSR count). The molecule has 0 nitrogen and oxygen atoms in total. The predicted octanol–water partition coefficient (Wildman–Crippen LogP) is 10.3. The number of hydrogen-bond donors (Lipinski definition) is 0. The highest BCUT2D eigenvalue weighted by molar-refractivity contribution is 6.30. The zero-order valence-electron chi connectivity index (χ0n) is 21.7. The molecular weight excluding hydrogens is 468 g/mol. The van der Waals surface area contributed by atoms with Gasteiger partial charge in [-0.1, -0.05) is 106 Å². The Morgan fingerprint density at radius 3 is 1.65 bits per heavy atom. The first-order valence-electron chi connectivity index (χ1n) is 13.1. The Balaban J connectivity index is 1.54. The fraction of sp³-hybridized carbons (Fsp3) is 0.167. The van der Waals surface area contributed by atoms with Gasteiger partial charge in [-0.3, -0.25) is 0 Å². The van der Waals surface area contributed by atoms with Gasteiger partial charge in [0, 0.05) is 15.9 Å². The van der Waals surface area contributed by atoms with Crippen LogP contribution < -0.4 is 0 Å². The van der Waals surface area contributed by atoms with Gasteiger partial charge >= 0.3 is 0 Å². The van der Waals surface area contributed by atoms with Crippen molar-refractivity contribution in [2.24, 2.45) is 0 Å². The van der Waals surface area contributed by atoms with E-state index in [-0.39, 0.29) is 10.8 Å². The standard InChI is InChI=1S/C36H29Cl/c1-35(2)31-19-25(37)15-16-26(31)28-20-33-29(21-32(28)35)30-18-24(22-11-7-5-8-12-22)17-27(34(30)36(33,3)4)23-13-9-6-10-14-23/h5-21H,1-4H3. The number of rotatable bonds is 2. The first-order valence-corrected chi connectivity index (χ1v) is 13.4. The molecule has 0 radical (unpaired) electrons. The quantitative estimate of drug-likeness (QED) is 0.228. The van der Waals surface area contributed by atoms with Gasteiger partial charge in [0.05, 0.1) is 0 Å². The van der Waals surface area contributed by atoms with Crippen molar-refractivity contribution >= 4 is 11.6 Å². The second-order valence-electron chi connectivity index (χ2n) is 11.6. The van der Waals surface area contributed by atoms with Gasteiger partial charge in [-0.2, -0.15) is 0 Å². The molecule has 0 amide bonds. The van der Waals surface area contributed by atoms with E-state index in [2.05, 4.69) is 125 Å². The average Bonchev–Trinajstić information content (AvgIpc) is 3.27. The van der Waals surface area contributed by atoms with Gasteiger partial charge in [0.15, 0.2) is 0 Å². The SMILES string of the molecule is CC1(C)c2cc(Cl)ccc2-c2cc3c(cc21)-c1cc(-c2ccccc2)cc(-c2ccccc2)c1C3(C)C. The van der Waals surface area contributed by atoms with Crippen molar-refractivity contribution in [2.45, 2.75) is 38.5 Å². The Labute approximate surface area is 224 Å². The Hall–Kier alpha value is -3.61. The zero-order chi connectivity index (χ0) is 25.5. The summed E-state index contributed by atoms with van der Waals surface area (Å²) in [4.78, 5) is 0. The molecule has 37 heavy (non-hydrogen) atoms. The lowest BCUT2D eigenvalue weighted by atomic mass is 9.77. The van der Waals surface area contributed by atoms with Crippen LogP contribution in [-0.2, 0) is 10.8 Å². The number of halogens is 1.